The van der Waals surface area contributed by atoms with E-state index in [0.29, 0.717) is 18.2 Å². The Labute approximate surface area is 176 Å². The van der Waals surface area contributed by atoms with Crippen molar-refractivity contribution < 1.29 is 9.53 Å². The number of hydrogen-bond acceptors (Lipinski definition) is 4. The second kappa shape index (κ2) is 8.20. The fourth-order valence-corrected chi connectivity index (χ4v) is 4.24. The van der Waals surface area contributed by atoms with Gasteiger partial charge in [0.05, 0.1) is 36.6 Å². The Morgan fingerprint density at radius 3 is 2.67 bits per heavy atom. The molecule has 1 amide bonds. The highest BCUT2D eigenvalue weighted by Crippen LogP contribution is 2.37. The van der Waals surface area contributed by atoms with Gasteiger partial charge in [0.2, 0.25) is 0 Å². The molecule has 2 aliphatic rings. The third-order valence-electron chi connectivity index (χ3n) is 6.18. The molecule has 3 aromatic rings. The molecule has 6 nitrogen and oxygen atoms in total. The van der Waals surface area contributed by atoms with Crippen molar-refractivity contribution in [2.45, 2.75) is 31.8 Å². The van der Waals surface area contributed by atoms with Crippen LogP contribution in [0.5, 0.6) is 0 Å². The number of carbonyl (C=O) groups is 1. The van der Waals surface area contributed by atoms with E-state index >= 15 is 0 Å². The molecule has 1 aromatic heterocycles. The molecule has 0 bridgehead atoms. The summed E-state index contributed by atoms with van der Waals surface area (Å²) in [5.74, 6) is -0.0526. The Kier molecular flexibility index (Phi) is 5.27. The summed E-state index contributed by atoms with van der Waals surface area (Å²) >= 11 is 0. The molecule has 0 unspecified atom stereocenters. The van der Waals surface area contributed by atoms with Crippen LogP contribution >= 0.6 is 0 Å². The minimum Gasteiger partial charge on any atom is -0.379 e. The summed E-state index contributed by atoms with van der Waals surface area (Å²) in [6.07, 6.45) is 4.33. The number of amides is 1. The van der Waals surface area contributed by atoms with Crippen molar-refractivity contribution in [1.29, 1.82) is 0 Å². The van der Waals surface area contributed by atoms with Crippen LogP contribution in [0.2, 0.25) is 0 Å². The van der Waals surface area contributed by atoms with Gasteiger partial charge in [0.15, 0.2) is 0 Å². The van der Waals surface area contributed by atoms with Crippen LogP contribution in [0.1, 0.15) is 46.4 Å². The zero-order valence-corrected chi connectivity index (χ0v) is 17.4. The van der Waals surface area contributed by atoms with E-state index in [0.717, 1.165) is 37.3 Å². The van der Waals surface area contributed by atoms with Crippen molar-refractivity contribution in [1.82, 2.24) is 19.8 Å². The normalized spacial score (nSPS) is 18.4. The van der Waals surface area contributed by atoms with Gasteiger partial charge in [-0.05, 0) is 43.5 Å². The molecule has 1 aliphatic heterocycles. The number of nitrogens with one attached hydrogen (secondary N) is 1. The highest BCUT2D eigenvalue weighted by Gasteiger charge is 2.26. The lowest BCUT2D eigenvalue weighted by molar-refractivity contribution is 0.0162. The quantitative estimate of drug-likeness (QED) is 0.683. The van der Waals surface area contributed by atoms with E-state index in [9.17, 15) is 4.79 Å². The van der Waals surface area contributed by atoms with Crippen molar-refractivity contribution >= 4 is 16.9 Å². The molecule has 2 aromatic carbocycles. The lowest BCUT2D eigenvalue weighted by Gasteiger charge is -2.35. The van der Waals surface area contributed by atoms with E-state index < -0.39 is 0 Å². The number of fused-ring (bicyclic) bond motifs is 1. The topological polar surface area (TPSA) is 59.4 Å². The molecular formula is C24H28N4O2. The predicted octanol–water partition coefficient (Wildman–Crippen LogP) is 3.48. The number of ether oxygens (including phenoxy) is 1. The van der Waals surface area contributed by atoms with E-state index in [4.69, 9.17) is 4.74 Å². The van der Waals surface area contributed by atoms with Gasteiger partial charge in [-0.2, -0.15) is 0 Å². The summed E-state index contributed by atoms with van der Waals surface area (Å²) in [6.45, 7) is 5.87. The maximum atomic E-state index is 12.9. The van der Waals surface area contributed by atoms with Gasteiger partial charge >= 0.3 is 0 Å². The first-order valence-electron chi connectivity index (χ1n) is 10.8. The first kappa shape index (κ1) is 19.3. The van der Waals surface area contributed by atoms with E-state index in [2.05, 4.69) is 51.0 Å². The van der Waals surface area contributed by atoms with Gasteiger partial charge in [-0.25, -0.2) is 4.98 Å². The molecule has 1 aliphatic carbocycles. The van der Waals surface area contributed by atoms with Crippen LogP contribution in [0.15, 0.2) is 48.8 Å². The minimum absolute atomic E-state index is 0.0526. The third-order valence-corrected chi connectivity index (χ3v) is 6.18. The highest BCUT2D eigenvalue weighted by atomic mass is 16.5. The van der Waals surface area contributed by atoms with Crippen molar-refractivity contribution in [3.8, 4) is 0 Å². The molecular weight excluding hydrogens is 376 g/mol. The predicted molar refractivity (Wildman–Crippen MR) is 117 cm³/mol. The molecule has 0 spiro atoms. The van der Waals surface area contributed by atoms with Gasteiger partial charge in [-0.15, -0.1) is 0 Å². The van der Waals surface area contributed by atoms with Crippen molar-refractivity contribution in [3.05, 3.63) is 65.5 Å². The molecule has 1 saturated carbocycles. The maximum Gasteiger partial charge on any atom is 0.251 e. The van der Waals surface area contributed by atoms with Gasteiger partial charge < -0.3 is 14.6 Å². The molecule has 30 heavy (non-hydrogen) atoms. The maximum absolute atomic E-state index is 12.9. The summed E-state index contributed by atoms with van der Waals surface area (Å²) in [7, 11) is 0. The van der Waals surface area contributed by atoms with E-state index in [1.54, 1.807) is 0 Å². The fraction of sp³-hybridized carbons (Fsp3) is 0.417. The van der Waals surface area contributed by atoms with E-state index in [1.165, 1.54) is 24.0 Å². The van der Waals surface area contributed by atoms with Crippen molar-refractivity contribution in [3.63, 3.8) is 0 Å². The van der Waals surface area contributed by atoms with E-state index in [1.807, 2.05) is 24.5 Å². The molecule has 156 valence electrons. The van der Waals surface area contributed by atoms with Crippen molar-refractivity contribution in [2.24, 2.45) is 0 Å². The molecule has 1 saturated heterocycles. The number of benzene rings is 2. The van der Waals surface area contributed by atoms with Gasteiger partial charge in [-0.1, -0.05) is 29.8 Å². The average Bonchev–Trinajstić information content (AvgIpc) is 3.54. The van der Waals surface area contributed by atoms with E-state index in [-0.39, 0.29) is 11.9 Å². The number of imidazole rings is 1. The smallest absolute Gasteiger partial charge is 0.251 e. The van der Waals surface area contributed by atoms with Crippen LogP contribution in [0.25, 0.3) is 11.0 Å². The van der Waals surface area contributed by atoms with Gasteiger partial charge in [0, 0.05) is 31.2 Å². The van der Waals surface area contributed by atoms with Crippen LogP contribution in [-0.2, 0) is 4.74 Å². The SMILES string of the molecule is Cc1ccc([C@H](CNC(=O)c2ccc3c(c2)ncn3C2CC2)N2CCOCC2)cc1. The van der Waals surface area contributed by atoms with Gasteiger partial charge in [-0.3, -0.25) is 9.69 Å². The Balaban J connectivity index is 1.32. The highest BCUT2D eigenvalue weighted by molar-refractivity contribution is 5.97. The van der Waals surface area contributed by atoms with Crippen LogP contribution in [0.4, 0.5) is 0 Å². The molecule has 6 heteroatoms. The largest absolute Gasteiger partial charge is 0.379 e. The summed E-state index contributed by atoms with van der Waals surface area (Å²) in [5.41, 5.74) is 5.12. The van der Waals surface area contributed by atoms with Crippen molar-refractivity contribution in [2.75, 3.05) is 32.8 Å². The number of rotatable bonds is 6. The van der Waals surface area contributed by atoms with Gasteiger partial charge in [0.1, 0.15) is 0 Å². The van der Waals surface area contributed by atoms with Crippen LogP contribution < -0.4 is 5.32 Å². The lowest BCUT2D eigenvalue weighted by atomic mass is 10.0. The zero-order valence-electron chi connectivity index (χ0n) is 17.4. The molecule has 1 N–H and O–H groups in total. The first-order valence-corrected chi connectivity index (χ1v) is 10.8. The summed E-state index contributed by atoms with van der Waals surface area (Å²) in [6, 6.07) is 15.1. The zero-order chi connectivity index (χ0) is 20.5. The number of nitrogens with zero attached hydrogens (tertiary/aromatic N) is 3. The summed E-state index contributed by atoms with van der Waals surface area (Å²) in [4.78, 5) is 19.8. The summed E-state index contributed by atoms with van der Waals surface area (Å²) in [5, 5.41) is 3.16. The van der Waals surface area contributed by atoms with Crippen LogP contribution in [0, 0.1) is 6.92 Å². The number of aryl methyl sites for hydroxylation is 1. The number of hydrogen-bond donors (Lipinski definition) is 1. The molecule has 1 atom stereocenters. The Morgan fingerprint density at radius 1 is 1.17 bits per heavy atom. The number of morpholine rings is 1. The monoisotopic (exact) mass is 404 g/mol. The Morgan fingerprint density at radius 2 is 1.93 bits per heavy atom. The van der Waals surface area contributed by atoms with Gasteiger partial charge in [0.25, 0.3) is 5.91 Å². The lowest BCUT2D eigenvalue weighted by Crippen LogP contribution is -2.43. The minimum atomic E-state index is -0.0526. The number of aromatic nitrogens is 2. The first-order chi connectivity index (χ1) is 14.7. The summed E-state index contributed by atoms with van der Waals surface area (Å²) < 4.78 is 7.75. The molecule has 2 heterocycles. The molecule has 0 radical (unpaired) electrons. The molecule has 5 rings (SSSR count). The average molecular weight is 405 g/mol. The Hall–Kier alpha value is -2.70. The fourth-order valence-electron chi connectivity index (χ4n) is 4.24. The van der Waals surface area contributed by atoms with Crippen LogP contribution in [0.3, 0.4) is 0 Å². The Bertz CT molecular complexity index is 1030. The standard InChI is InChI=1S/C24H28N4O2/c1-17-2-4-18(5-3-17)23(27-10-12-30-13-11-27)15-25-24(29)19-6-9-22-21(14-19)26-16-28(22)20-7-8-20/h2-6,9,14,16,20,23H,7-8,10-13,15H2,1H3,(H,25,29)/t23-/m0/s1. The third kappa shape index (κ3) is 3.98. The second-order valence-corrected chi connectivity index (χ2v) is 8.37. The van der Waals surface area contributed by atoms with Crippen LogP contribution in [-0.4, -0.2) is 53.2 Å². The number of carbonyl (C=O) groups excluding carboxylic acids is 1. The molecule has 2 fully saturated rings. The second-order valence-electron chi connectivity index (χ2n) is 8.37.